The van der Waals surface area contributed by atoms with Crippen molar-refractivity contribution in [3.05, 3.63) is 29.6 Å². The first-order chi connectivity index (χ1) is 8.11. The molecule has 0 unspecified atom stereocenters. The highest BCUT2D eigenvalue weighted by molar-refractivity contribution is 6.16. The summed E-state index contributed by atoms with van der Waals surface area (Å²) in [4.78, 5) is 6.73. The second kappa shape index (κ2) is 5.07. The molecule has 0 saturated heterocycles. The second-order valence-electron chi connectivity index (χ2n) is 4.61. The van der Waals surface area contributed by atoms with Crippen molar-refractivity contribution < 1.29 is 0 Å². The summed E-state index contributed by atoms with van der Waals surface area (Å²) in [7, 11) is 4.15. The Balaban J connectivity index is 2.45. The van der Waals surface area contributed by atoms with Crippen molar-refractivity contribution in [1.82, 2.24) is 14.5 Å². The van der Waals surface area contributed by atoms with Crippen LogP contribution in [0, 0.1) is 6.92 Å². The van der Waals surface area contributed by atoms with Gasteiger partial charge in [-0.1, -0.05) is 6.07 Å². The van der Waals surface area contributed by atoms with Gasteiger partial charge in [-0.05, 0) is 38.7 Å². The maximum absolute atomic E-state index is 5.96. The van der Waals surface area contributed by atoms with Crippen molar-refractivity contribution in [2.45, 2.75) is 19.3 Å². The molecule has 2 rings (SSSR count). The summed E-state index contributed by atoms with van der Waals surface area (Å²) < 4.78 is 2.22. The molecule has 0 atom stereocenters. The lowest BCUT2D eigenvalue weighted by Crippen LogP contribution is -2.19. The lowest BCUT2D eigenvalue weighted by atomic mass is 10.2. The molecule has 0 aliphatic carbocycles. The minimum atomic E-state index is 0.459. The maximum atomic E-state index is 5.96. The van der Waals surface area contributed by atoms with Crippen LogP contribution in [0.25, 0.3) is 11.0 Å². The van der Waals surface area contributed by atoms with Crippen LogP contribution in [0.4, 0.5) is 0 Å². The predicted molar refractivity (Wildman–Crippen MR) is 72.6 cm³/mol. The molecule has 0 saturated carbocycles. The van der Waals surface area contributed by atoms with E-state index >= 15 is 0 Å². The molecular weight excluding hydrogens is 234 g/mol. The lowest BCUT2D eigenvalue weighted by Gasteiger charge is -2.12. The molecule has 17 heavy (non-hydrogen) atoms. The van der Waals surface area contributed by atoms with Gasteiger partial charge in [0.15, 0.2) is 0 Å². The first-order valence-corrected chi connectivity index (χ1v) is 6.31. The van der Waals surface area contributed by atoms with Gasteiger partial charge in [0, 0.05) is 13.1 Å². The summed E-state index contributed by atoms with van der Waals surface area (Å²) in [6.07, 6.45) is 0. The Bertz CT molecular complexity index is 517. The largest absolute Gasteiger partial charge is 0.326 e. The first kappa shape index (κ1) is 12.4. The number of nitrogens with zero attached hydrogens (tertiary/aromatic N) is 3. The third kappa shape index (κ3) is 2.61. The third-order valence-corrected chi connectivity index (χ3v) is 3.11. The minimum Gasteiger partial charge on any atom is -0.326 e. The summed E-state index contributed by atoms with van der Waals surface area (Å²) in [5.41, 5.74) is 3.47. The molecule has 2 aromatic rings. The Morgan fingerprint density at radius 3 is 2.76 bits per heavy atom. The van der Waals surface area contributed by atoms with E-state index in [1.54, 1.807) is 0 Å². The van der Waals surface area contributed by atoms with Crippen LogP contribution in [0.3, 0.4) is 0 Å². The van der Waals surface area contributed by atoms with Crippen molar-refractivity contribution in [2.75, 3.05) is 20.6 Å². The molecule has 0 aliphatic rings. The molecule has 1 heterocycles. The van der Waals surface area contributed by atoms with Crippen molar-refractivity contribution in [3.63, 3.8) is 0 Å². The van der Waals surface area contributed by atoms with Gasteiger partial charge in [-0.2, -0.15) is 0 Å². The molecule has 0 N–H and O–H groups in total. The molecule has 1 aromatic heterocycles. The first-order valence-electron chi connectivity index (χ1n) is 5.78. The number of aryl methyl sites for hydroxylation is 1. The van der Waals surface area contributed by atoms with Crippen LogP contribution >= 0.6 is 11.6 Å². The number of fused-ring (bicyclic) bond motifs is 1. The van der Waals surface area contributed by atoms with E-state index in [0.717, 1.165) is 24.4 Å². The highest BCUT2D eigenvalue weighted by Gasteiger charge is 2.09. The van der Waals surface area contributed by atoms with Gasteiger partial charge < -0.3 is 9.47 Å². The summed E-state index contributed by atoms with van der Waals surface area (Å²) in [5, 5.41) is 0. The van der Waals surface area contributed by atoms with Crippen LogP contribution < -0.4 is 0 Å². The average molecular weight is 252 g/mol. The number of likely N-dealkylation sites (N-methyl/N-ethyl adjacent to an activating group) is 1. The van der Waals surface area contributed by atoms with Crippen LogP contribution in [-0.2, 0) is 12.4 Å². The number of hydrogen-bond donors (Lipinski definition) is 0. The van der Waals surface area contributed by atoms with Crippen LogP contribution in [-0.4, -0.2) is 35.1 Å². The maximum Gasteiger partial charge on any atom is 0.124 e. The zero-order valence-corrected chi connectivity index (χ0v) is 11.3. The summed E-state index contributed by atoms with van der Waals surface area (Å²) >= 11 is 5.96. The normalized spacial score (nSPS) is 11.6. The smallest absolute Gasteiger partial charge is 0.124 e. The van der Waals surface area contributed by atoms with Gasteiger partial charge in [0.05, 0.1) is 16.9 Å². The predicted octanol–water partition coefficient (Wildman–Crippen LogP) is 2.65. The standard InChI is InChI=1S/C13H18ClN3/c1-10-4-5-11-12(8-10)17(7-6-16(2)3)13(9-14)15-11/h4-5,8H,6-7,9H2,1-3H3. The number of imidazole rings is 1. The quantitative estimate of drug-likeness (QED) is 0.779. The third-order valence-electron chi connectivity index (χ3n) is 2.87. The van der Waals surface area contributed by atoms with Gasteiger partial charge >= 0.3 is 0 Å². The zero-order valence-electron chi connectivity index (χ0n) is 10.6. The van der Waals surface area contributed by atoms with Crippen molar-refractivity contribution in [1.29, 1.82) is 0 Å². The fourth-order valence-corrected chi connectivity index (χ4v) is 2.14. The fourth-order valence-electron chi connectivity index (χ4n) is 1.93. The number of benzene rings is 1. The van der Waals surface area contributed by atoms with Crippen molar-refractivity contribution >= 4 is 22.6 Å². The Hall–Kier alpha value is -1.06. The Morgan fingerprint density at radius 1 is 1.35 bits per heavy atom. The summed E-state index contributed by atoms with van der Waals surface area (Å²) in [6.45, 7) is 4.02. The van der Waals surface area contributed by atoms with Gasteiger partial charge in [-0.25, -0.2) is 4.98 Å². The monoisotopic (exact) mass is 251 g/mol. The Labute approximate surface area is 107 Å². The van der Waals surface area contributed by atoms with Gasteiger partial charge in [0.1, 0.15) is 5.82 Å². The molecule has 0 amide bonds. The van der Waals surface area contributed by atoms with Crippen LogP contribution in [0.5, 0.6) is 0 Å². The average Bonchev–Trinajstić information content (AvgIpc) is 2.63. The molecule has 1 aromatic carbocycles. The molecule has 4 heteroatoms. The molecule has 0 aliphatic heterocycles. The number of rotatable bonds is 4. The molecule has 92 valence electrons. The minimum absolute atomic E-state index is 0.459. The summed E-state index contributed by atoms with van der Waals surface area (Å²) in [5.74, 6) is 1.41. The van der Waals surface area contributed by atoms with Crippen LogP contribution in [0.15, 0.2) is 18.2 Å². The van der Waals surface area contributed by atoms with Gasteiger partial charge in [0.25, 0.3) is 0 Å². The SMILES string of the molecule is Cc1ccc2nc(CCl)n(CCN(C)C)c2c1. The van der Waals surface area contributed by atoms with E-state index in [1.807, 2.05) is 0 Å². The molecule has 0 spiro atoms. The number of halogens is 1. The van der Waals surface area contributed by atoms with E-state index < -0.39 is 0 Å². The Kier molecular flexibility index (Phi) is 3.69. The van der Waals surface area contributed by atoms with E-state index in [2.05, 4.69) is 53.7 Å². The second-order valence-corrected chi connectivity index (χ2v) is 4.88. The van der Waals surface area contributed by atoms with Gasteiger partial charge in [-0.15, -0.1) is 11.6 Å². The van der Waals surface area contributed by atoms with Gasteiger partial charge in [-0.3, -0.25) is 0 Å². The Morgan fingerprint density at radius 2 is 2.12 bits per heavy atom. The molecule has 3 nitrogen and oxygen atoms in total. The topological polar surface area (TPSA) is 21.1 Å². The highest BCUT2D eigenvalue weighted by atomic mass is 35.5. The number of aromatic nitrogens is 2. The molecule has 0 fully saturated rings. The van der Waals surface area contributed by atoms with Crippen LogP contribution in [0.1, 0.15) is 11.4 Å². The molecule has 0 bridgehead atoms. The summed E-state index contributed by atoms with van der Waals surface area (Å²) in [6, 6.07) is 6.32. The van der Waals surface area contributed by atoms with Crippen molar-refractivity contribution in [2.24, 2.45) is 0 Å². The van der Waals surface area contributed by atoms with Crippen molar-refractivity contribution in [3.8, 4) is 0 Å². The highest BCUT2D eigenvalue weighted by Crippen LogP contribution is 2.19. The van der Waals surface area contributed by atoms with Gasteiger partial charge in [0.2, 0.25) is 0 Å². The fraction of sp³-hybridized carbons (Fsp3) is 0.462. The van der Waals surface area contributed by atoms with E-state index in [1.165, 1.54) is 11.1 Å². The zero-order chi connectivity index (χ0) is 12.4. The molecule has 0 radical (unpaired) electrons. The van der Waals surface area contributed by atoms with E-state index in [4.69, 9.17) is 11.6 Å². The lowest BCUT2D eigenvalue weighted by molar-refractivity contribution is 0.384. The number of hydrogen-bond acceptors (Lipinski definition) is 2. The molecular formula is C13H18ClN3. The number of alkyl halides is 1. The van der Waals surface area contributed by atoms with E-state index in [-0.39, 0.29) is 0 Å². The van der Waals surface area contributed by atoms with E-state index in [9.17, 15) is 0 Å². The van der Waals surface area contributed by atoms with E-state index in [0.29, 0.717) is 5.88 Å². The van der Waals surface area contributed by atoms with Crippen LogP contribution in [0.2, 0.25) is 0 Å².